The van der Waals surface area contributed by atoms with E-state index in [1.807, 2.05) is 19.9 Å². The van der Waals surface area contributed by atoms with Crippen LogP contribution in [0.3, 0.4) is 0 Å². The van der Waals surface area contributed by atoms with Crippen molar-refractivity contribution in [2.24, 2.45) is 0 Å². The van der Waals surface area contributed by atoms with Crippen LogP contribution < -0.4 is 23.8 Å². The second-order valence-corrected chi connectivity index (χ2v) is 11.3. The van der Waals surface area contributed by atoms with E-state index < -0.39 is 28.5 Å². The van der Waals surface area contributed by atoms with Gasteiger partial charge in [-0.1, -0.05) is 44.2 Å². The van der Waals surface area contributed by atoms with Gasteiger partial charge in [0, 0.05) is 19.2 Å². The number of hydrogen-bond donors (Lipinski definition) is 1. The number of amides is 2. The molecule has 42 heavy (non-hydrogen) atoms. The molecule has 0 aliphatic carbocycles. The van der Waals surface area contributed by atoms with E-state index in [-0.39, 0.29) is 28.8 Å². The van der Waals surface area contributed by atoms with Crippen LogP contribution in [0.5, 0.6) is 17.2 Å². The Balaban J connectivity index is 2.13. The van der Waals surface area contributed by atoms with Crippen LogP contribution in [0.25, 0.3) is 0 Å². The zero-order valence-electron chi connectivity index (χ0n) is 24.7. The van der Waals surface area contributed by atoms with Crippen LogP contribution in [-0.2, 0) is 26.2 Å². The number of sulfonamides is 1. The molecule has 10 nitrogen and oxygen atoms in total. The molecule has 11 heteroatoms. The number of ether oxygens (including phenoxy) is 3. The van der Waals surface area contributed by atoms with Gasteiger partial charge in [-0.2, -0.15) is 0 Å². The average Bonchev–Trinajstić information content (AvgIpc) is 3.02. The summed E-state index contributed by atoms with van der Waals surface area (Å²) in [5, 5.41) is 2.88. The van der Waals surface area contributed by atoms with Gasteiger partial charge in [-0.3, -0.25) is 13.9 Å². The molecule has 0 heterocycles. The maximum absolute atomic E-state index is 14.2. The monoisotopic (exact) mass is 597 g/mol. The number of carbonyl (C=O) groups is 2. The summed E-state index contributed by atoms with van der Waals surface area (Å²) < 4.78 is 45.4. The molecule has 0 aromatic heterocycles. The molecule has 0 unspecified atom stereocenters. The number of nitrogens with one attached hydrogen (secondary N) is 1. The lowest BCUT2D eigenvalue weighted by Crippen LogP contribution is -2.52. The van der Waals surface area contributed by atoms with Crippen molar-refractivity contribution < 1.29 is 32.2 Å². The highest BCUT2D eigenvalue weighted by molar-refractivity contribution is 7.92. The first-order valence-electron chi connectivity index (χ1n) is 13.7. The molecule has 0 fully saturated rings. The Hall–Kier alpha value is -4.25. The fraction of sp³-hybridized carbons (Fsp3) is 0.355. The Bertz CT molecular complexity index is 1450. The molecule has 0 saturated carbocycles. The Morgan fingerprint density at radius 1 is 0.857 bits per heavy atom. The van der Waals surface area contributed by atoms with Gasteiger partial charge in [0.15, 0.2) is 0 Å². The summed E-state index contributed by atoms with van der Waals surface area (Å²) in [7, 11) is 0.163. The third-order valence-corrected chi connectivity index (χ3v) is 8.46. The molecule has 0 radical (unpaired) electrons. The standard InChI is InChI=1S/C31H39N3O7S/c1-6-18-32-31(36)27(7-2)33(21-23-12-11-13-24(19-23)39-3)30(35)22-34(42(37,38)26-14-9-8-10-15-26)28-20-25(40-4)16-17-29(28)41-5/h8-17,19-20,27H,6-7,18,21-22H2,1-5H3,(H,32,36)/t27-/m0/s1. The highest BCUT2D eigenvalue weighted by Gasteiger charge is 2.35. The Morgan fingerprint density at radius 2 is 1.55 bits per heavy atom. The number of methoxy groups -OCH3 is 3. The zero-order valence-corrected chi connectivity index (χ0v) is 25.5. The summed E-state index contributed by atoms with van der Waals surface area (Å²) in [5.74, 6) is 0.325. The van der Waals surface area contributed by atoms with Crippen molar-refractivity contribution in [2.75, 3.05) is 38.7 Å². The second kappa shape index (κ2) is 15.1. The zero-order chi connectivity index (χ0) is 30.7. The fourth-order valence-electron chi connectivity index (χ4n) is 4.48. The van der Waals surface area contributed by atoms with Crippen molar-refractivity contribution in [3.8, 4) is 17.2 Å². The summed E-state index contributed by atoms with van der Waals surface area (Å²) >= 11 is 0. The van der Waals surface area contributed by atoms with E-state index in [9.17, 15) is 18.0 Å². The minimum atomic E-state index is -4.26. The van der Waals surface area contributed by atoms with Crippen LogP contribution in [0.2, 0.25) is 0 Å². The van der Waals surface area contributed by atoms with E-state index in [2.05, 4.69) is 5.32 Å². The topological polar surface area (TPSA) is 114 Å². The van der Waals surface area contributed by atoms with Gasteiger partial charge in [0.05, 0.1) is 31.9 Å². The van der Waals surface area contributed by atoms with Gasteiger partial charge in [-0.25, -0.2) is 8.42 Å². The van der Waals surface area contributed by atoms with Crippen molar-refractivity contribution in [3.05, 3.63) is 78.4 Å². The molecule has 3 aromatic rings. The SMILES string of the molecule is CCCNC(=O)[C@H](CC)N(Cc1cccc(OC)c1)C(=O)CN(c1cc(OC)ccc1OC)S(=O)(=O)c1ccccc1. The van der Waals surface area contributed by atoms with Crippen molar-refractivity contribution >= 4 is 27.5 Å². The van der Waals surface area contributed by atoms with Crippen LogP contribution in [0.15, 0.2) is 77.7 Å². The number of carbonyl (C=O) groups excluding carboxylic acids is 2. The van der Waals surface area contributed by atoms with Gasteiger partial charge >= 0.3 is 0 Å². The molecular formula is C31H39N3O7S. The molecule has 226 valence electrons. The molecule has 1 N–H and O–H groups in total. The number of hydrogen-bond acceptors (Lipinski definition) is 7. The first-order valence-corrected chi connectivity index (χ1v) is 15.1. The van der Waals surface area contributed by atoms with E-state index in [4.69, 9.17) is 14.2 Å². The second-order valence-electron chi connectivity index (χ2n) is 9.45. The molecule has 2 amide bonds. The third kappa shape index (κ3) is 7.73. The Morgan fingerprint density at radius 3 is 2.17 bits per heavy atom. The highest BCUT2D eigenvalue weighted by atomic mass is 32.2. The van der Waals surface area contributed by atoms with Crippen LogP contribution in [0, 0.1) is 0 Å². The van der Waals surface area contributed by atoms with E-state index in [1.54, 1.807) is 55.6 Å². The highest BCUT2D eigenvalue weighted by Crippen LogP contribution is 2.36. The molecule has 0 saturated heterocycles. The maximum atomic E-state index is 14.2. The molecule has 0 spiro atoms. The van der Waals surface area contributed by atoms with E-state index in [0.717, 1.165) is 16.3 Å². The fourth-order valence-corrected chi connectivity index (χ4v) is 5.92. The minimum Gasteiger partial charge on any atom is -0.497 e. The first kappa shape index (κ1) is 32.3. The minimum absolute atomic E-state index is 0.00486. The number of anilines is 1. The largest absolute Gasteiger partial charge is 0.497 e. The normalized spacial score (nSPS) is 11.7. The van der Waals surface area contributed by atoms with Crippen LogP contribution in [0.4, 0.5) is 5.69 Å². The summed E-state index contributed by atoms with van der Waals surface area (Å²) in [6, 6.07) is 18.9. The first-order chi connectivity index (χ1) is 20.2. The molecule has 0 aliphatic heterocycles. The van der Waals surface area contributed by atoms with Crippen LogP contribution in [-0.4, -0.2) is 65.6 Å². The molecule has 1 atom stereocenters. The third-order valence-electron chi connectivity index (χ3n) is 6.69. The van der Waals surface area contributed by atoms with Gasteiger partial charge in [0.1, 0.15) is 29.8 Å². The Labute approximate surface area is 248 Å². The van der Waals surface area contributed by atoms with E-state index >= 15 is 0 Å². The number of benzene rings is 3. The van der Waals surface area contributed by atoms with Gasteiger partial charge in [-0.05, 0) is 54.8 Å². The van der Waals surface area contributed by atoms with Gasteiger partial charge in [0.2, 0.25) is 11.8 Å². The summed E-state index contributed by atoms with van der Waals surface area (Å²) in [5.41, 5.74) is 0.847. The van der Waals surface area contributed by atoms with E-state index in [1.165, 1.54) is 37.3 Å². The average molecular weight is 598 g/mol. The molecule has 3 rings (SSSR count). The van der Waals surface area contributed by atoms with Crippen molar-refractivity contribution in [1.29, 1.82) is 0 Å². The van der Waals surface area contributed by atoms with Crippen LogP contribution in [0.1, 0.15) is 32.3 Å². The van der Waals surface area contributed by atoms with E-state index in [0.29, 0.717) is 24.5 Å². The summed E-state index contributed by atoms with van der Waals surface area (Å²) in [4.78, 5) is 28.9. The van der Waals surface area contributed by atoms with Gasteiger partial charge < -0.3 is 24.4 Å². The lowest BCUT2D eigenvalue weighted by Gasteiger charge is -2.33. The number of rotatable bonds is 15. The van der Waals surface area contributed by atoms with Gasteiger partial charge in [0.25, 0.3) is 10.0 Å². The Kier molecular flexibility index (Phi) is 11.6. The lowest BCUT2D eigenvalue weighted by atomic mass is 10.1. The predicted octanol–water partition coefficient (Wildman–Crippen LogP) is 4.24. The molecule has 0 bridgehead atoms. The van der Waals surface area contributed by atoms with Crippen LogP contribution >= 0.6 is 0 Å². The summed E-state index contributed by atoms with van der Waals surface area (Å²) in [6.07, 6.45) is 1.05. The molecule has 0 aliphatic rings. The van der Waals surface area contributed by atoms with Gasteiger partial charge in [-0.15, -0.1) is 0 Å². The van der Waals surface area contributed by atoms with Crippen molar-refractivity contribution in [3.63, 3.8) is 0 Å². The van der Waals surface area contributed by atoms with Crippen molar-refractivity contribution in [2.45, 2.75) is 44.2 Å². The lowest BCUT2D eigenvalue weighted by molar-refractivity contribution is -0.140. The summed E-state index contributed by atoms with van der Waals surface area (Å²) in [6.45, 7) is 3.66. The quantitative estimate of drug-likeness (QED) is 0.279. The molecule has 3 aromatic carbocycles. The maximum Gasteiger partial charge on any atom is 0.264 e. The number of nitrogens with zero attached hydrogens (tertiary/aromatic N) is 2. The van der Waals surface area contributed by atoms with Crippen molar-refractivity contribution in [1.82, 2.24) is 10.2 Å². The molecular weight excluding hydrogens is 558 g/mol. The smallest absolute Gasteiger partial charge is 0.264 e. The predicted molar refractivity (Wildman–Crippen MR) is 161 cm³/mol.